The highest BCUT2D eigenvalue weighted by atomic mass is 31.2. The molecule has 0 spiro atoms. The molecule has 1 aromatic heterocycles. The molecule has 16 heteroatoms. The van der Waals surface area contributed by atoms with Crippen molar-refractivity contribution in [1.29, 1.82) is 0 Å². The van der Waals surface area contributed by atoms with E-state index < -0.39 is 73.9 Å². The van der Waals surface area contributed by atoms with E-state index in [1.54, 1.807) is 32.0 Å². The Labute approximate surface area is 234 Å². The summed E-state index contributed by atoms with van der Waals surface area (Å²) in [7, 11) is -4.39. The van der Waals surface area contributed by atoms with Crippen LogP contribution in [0.4, 0.5) is 9.18 Å². The van der Waals surface area contributed by atoms with Crippen LogP contribution in [0.5, 0.6) is 5.75 Å². The Hall–Kier alpha value is -3.36. The first-order valence-electron chi connectivity index (χ1n) is 12.7. The zero-order valence-electron chi connectivity index (χ0n) is 23.1. The standard InChI is InChI=1S/C25H33FN3O11P/c1-6-36-24(34)29-19(30)12-13-28(23(29)33)22-25(5,26)20(31)18(39-22)14-37-41(35,40-17-10-8-7-9-11-17)27-16(4)21(32)38-15(2)3/h7-13,15-16,18,20,22,31H,6,14H2,1-5H3,(H,27,35)/t16-,18+,20+,22+,25+,41-/m0/s1. The number of rotatable bonds is 11. The topological polar surface area (TPSA) is 174 Å². The molecule has 0 bridgehead atoms. The minimum absolute atomic E-state index is 0.113. The fraction of sp³-hybridized carbons (Fsp3) is 0.520. The summed E-state index contributed by atoms with van der Waals surface area (Å²) in [6.07, 6.45) is -6.10. The van der Waals surface area contributed by atoms with Gasteiger partial charge in [0.2, 0.25) is 0 Å². The van der Waals surface area contributed by atoms with Crippen molar-refractivity contribution in [3.63, 3.8) is 0 Å². The molecule has 1 saturated heterocycles. The molecule has 0 radical (unpaired) electrons. The van der Waals surface area contributed by atoms with Crippen LogP contribution in [0.25, 0.3) is 0 Å². The minimum Gasteiger partial charge on any atom is -0.462 e. The number of benzene rings is 1. The molecule has 1 fully saturated rings. The molecule has 1 aliphatic heterocycles. The predicted octanol–water partition coefficient (Wildman–Crippen LogP) is 2.13. The Morgan fingerprint density at radius 2 is 1.85 bits per heavy atom. The van der Waals surface area contributed by atoms with Crippen molar-refractivity contribution in [2.45, 2.75) is 70.9 Å². The molecule has 226 valence electrons. The fourth-order valence-corrected chi connectivity index (χ4v) is 5.39. The number of hydrogen-bond donors (Lipinski definition) is 2. The first-order chi connectivity index (χ1) is 19.2. The summed E-state index contributed by atoms with van der Waals surface area (Å²) in [6.45, 7) is 6.18. The maximum atomic E-state index is 15.8. The second-order valence-corrected chi connectivity index (χ2v) is 11.2. The van der Waals surface area contributed by atoms with Crippen LogP contribution in [0.1, 0.15) is 40.8 Å². The van der Waals surface area contributed by atoms with Gasteiger partial charge in [-0.2, -0.15) is 9.65 Å². The molecule has 0 saturated carbocycles. The summed E-state index contributed by atoms with van der Waals surface area (Å²) in [5.41, 5.74) is -4.93. The third kappa shape index (κ3) is 7.49. The van der Waals surface area contributed by atoms with Crippen LogP contribution < -0.4 is 20.9 Å². The van der Waals surface area contributed by atoms with E-state index in [9.17, 15) is 28.8 Å². The Balaban J connectivity index is 1.86. The van der Waals surface area contributed by atoms with Crippen molar-refractivity contribution >= 4 is 19.8 Å². The van der Waals surface area contributed by atoms with Gasteiger partial charge >= 0.3 is 25.5 Å². The van der Waals surface area contributed by atoms with Crippen molar-refractivity contribution in [1.82, 2.24) is 14.2 Å². The lowest BCUT2D eigenvalue weighted by Gasteiger charge is -2.25. The molecule has 14 nitrogen and oxygen atoms in total. The Morgan fingerprint density at radius 1 is 1.20 bits per heavy atom. The monoisotopic (exact) mass is 601 g/mol. The number of esters is 1. The fourth-order valence-electron chi connectivity index (χ4n) is 3.88. The second kappa shape index (κ2) is 13.1. The summed E-state index contributed by atoms with van der Waals surface area (Å²) in [5.74, 6) is -0.633. The molecule has 1 aromatic carbocycles. The highest BCUT2D eigenvalue weighted by Gasteiger charge is 2.56. The molecule has 1 aliphatic rings. The number of aliphatic hydroxyl groups is 1. The Bertz CT molecular complexity index is 1400. The molecule has 2 heterocycles. The number of aromatic nitrogens is 2. The van der Waals surface area contributed by atoms with E-state index in [1.165, 1.54) is 26.0 Å². The van der Waals surface area contributed by atoms with Gasteiger partial charge in [-0.15, -0.1) is 0 Å². The number of alkyl halides is 1. The van der Waals surface area contributed by atoms with E-state index in [4.69, 9.17) is 23.3 Å². The van der Waals surface area contributed by atoms with E-state index in [1.807, 2.05) is 0 Å². The van der Waals surface area contributed by atoms with Crippen LogP contribution in [0.2, 0.25) is 0 Å². The van der Waals surface area contributed by atoms with Crippen LogP contribution in [-0.2, 0) is 28.1 Å². The average Bonchev–Trinajstić information content (AvgIpc) is 3.11. The molecule has 0 unspecified atom stereocenters. The lowest BCUT2D eigenvalue weighted by molar-refractivity contribution is -0.149. The number of para-hydroxylation sites is 1. The minimum atomic E-state index is -4.39. The van der Waals surface area contributed by atoms with Crippen LogP contribution in [0, 0.1) is 0 Å². The van der Waals surface area contributed by atoms with Gasteiger partial charge in [-0.1, -0.05) is 18.2 Å². The molecular weight excluding hydrogens is 568 g/mol. The first-order valence-corrected chi connectivity index (χ1v) is 14.3. The summed E-state index contributed by atoms with van der Waals surface area (Å²) in [6, 6.07) is 7.52. The normalized spacial score (nSPS) is 24.4. The number of ether oxygens (including phenoxy) is 3. The smallest absolute Gasteiger partial charge is 0.459 e. The highest BCUT2D eigenvalue weighted by Crippen LogP contribution is 2.47. The first kappa shape index (κ1) is 32.2. The summed E-state index contributed by atoms with van der Waals surface area (Å²) < 4.78 is 56.7. The molecule has 2 N–H and O–H groups in total. The number of aliphatic hydroxyl groups excluding tert-OH is 1. The third-order valence-corrected chi connectivity index (χ3v) is 7.51. The lowest BCUT2D eigenvalue weighted by atomic mass is 9.98. The van der Waals surface area contributed by atoms with Gasteiger partial charge in [0.15, 0.2) is 11.9 Å². The summed E-state index contributed by atoms with van der Waals surface area (Å²) in [5, 5.41) is 13.2. The van der Waals surface area contributed by atoms with Gasteiger partial charge in [-0.25, -0.2) is 18.5 Å². The predicted molar refractivity (Wildman–Crippen MR) is 141 cm³/mol. The van der Waals surface area contributed by atoms with Crippen LogP contribution >= 0.6 is 7.75 Å². The van der Waals surface area contributed by atoms with Gasteiger partial charge in [0, 0.05) is 12.3 Å². The molecule has 0 amide bonds. The zero-order valence-corrected chi connectivity index (χ0v) is 24.0. The van der Waals surface area contributed by atoms with Crippen molar-refractivity contribution < 1.29 is 46.9 Å². The quantitative estimate of drug-likeness (QED) is 0.284. The SMILES string of the molecule is CCOC(=O)n1c(=O)ccn([C@@H]2O[C@H](CO[P@@](=O)(N[C@@H](C)C(=O)OC(C)C)Oc3ccccc3)[C@@H](O)[C@@]2(C)F)c1=O. The van der Waals surface area contributed by atoms with Gasteiger partial charge in [0.25, 0.3) is 5.56 Å². The average molecular weight is 602 g/mol. The van der Waals surface area contributed by atoms with Crippen molar-refractivity contribution in [2.24, 2.45) is 0 Å². The Kier molecular flexibility index (Phi) is 10.3. The van der Waals surface area contributed by atoms with E-state index in [2.05, 4.69) is 5.09 Å². The van der Waals surface area contributed by atoms with E-state index in [-0.39, 0.29) is 16.9 Å². The Morgan fingerprint density at radius 3 is 2.46 bits per heavy atom. The van der Waals surface area contributed by atoms with Crippen molar-refractivity contribution in [2.75, 3.05) is 13.2 Å². The van der Waals surface area contributed by atoms with Gasteiger partial charge in [-0.3, -0.25) is 18.7 Å². The molecule has 3 rings (SSSR count). The second-order valence-electron chi connectivity index (χ2n) is 9.54. The number of nitrogens with zero attached hydrogens (tertiary/aromatic N) is 2. The van der Waals surface area contributed by atoms with Crippen LogP contribution in [-0.4, -0.2) is 69.5 Å². The number of halogens is 1. The third-order valence-electron chi connectivity index (χ3n) is 5.87. The molecule has 6 atom stereocenters. The molecule has 0 aliphatic carbocycles. The number of nitrogens with one attached hydrogen (secondary N) is 1. The lowest BCUT2D eigenvalue weighted by Crippen LogP contribution is -2.48. The largest absolute Gasteiger partial charge is 0.462 e. The van der Waals surface area contributed by atoms with Gasteiger partial charge in [0.1, 0.15) is 24.0 Å². The summed E-state index contributed by atoms with van der Waals surface area (Å²) >= 11 is 0. The zero-order chi connectivity index (χ0) is 30.5. The van der Waals surface area contributed by atoms with Gasteiger partial charge in [0.05, 0.1) is 19.3 Å². The van der Waals surface area contributed by atoms with E-state index >= 15 is 4.39 Å². The molecule has 2 aromatic rings. The molecular formula is C25H33FN3O11P. The van der Waals surface area contributed by atoms with E-state index in [0.717, 1.165) is 19.2 Å². The number of hydrogen-bond acceptors (Lipinski definition) is 11. The van der Waals surface area contributed by atoms with Gasteiger partial charge < -0.3 is 23.8 Å². The number of carbonyl (C=O) groups excluding carboxylic acids is 2. The summed E-state index contributed by atoms with van der Waals surface area (Å²) in [4.78, 5) is 49.5. The van der Waals surface area contributed by atoms with Gasteiger partial charge in [-0.05, 0) is 46.8 Å². The van der Waals surface area contributed by atoms with E-state index in [0.29, 0.717) is 4.57 Å². The molecule has 41 heavy (non-hydrogen) atoms. The maximum absolute atomic E-state index is 15.8. The number of carbonyl (C=O) groups is 2. The van der Waals surface area contributed by atoms with Crippen molar-refractivity contribution in [3.05, 3.63) is 63.4 Å². The highest BCUT2D eigenvalue weighted by molar-refractivity contribution is 7.52. The van der Waals surface area contributed by atoms with Crippen molar-refractivity contribution in [3.8, 4) is 5.75 Å². The maximum Gasteiger partial charge on any atom is 0.459 e. The van der Waals surface area contributed by atoms with Crippen LogP contribution in [0.15, 0.2) is 52.2 Å². The van der Waals surface area contributed by atoms with Crippen LogP contribution in [0.3, 0.4) is 0 Å².